The van der Waals surface area contributed by atoms with E-state index in [2.05, 4.69) is 21.2 Å². The second kappa shape index (κ2) is 6.02. The highest BCUT2D eigenvalue weighted by atomic mass is 79.9. The Kier molecular flexibility index (Phi) is 4.62. The molecule has 5 heteroatoms. The molecule has 1 aliphatic rings. The number of rotatable bonds is 2. The van der Waals surface area contributed by atoms with Gasteiger partial charge in [-0.2, -0.15) is 0 Å². The Hall–Kier alpha value is -0.610. The molecule has 1 aromatic rings. The zero-order chi connectivity index (χ0) is 13.1. The molecule has 0 aliphatic heterocycles. The number of halogens is 3. The molecular weight excluding hydrogens is 321 g/mol. The van der Waals surface area contributed by atoms with E-state index in [-0.39, 0.29) is 21.5 Å². The molecule has 2 unspecified atom stereocenters. The summed E-state index contributed by atoms with van der Waals surface area (Å²) in [4.78, 5) is 12.3. The Morgan fingerprint density at radius 3 is 2.83 bits per heavy atom. The van der Waals surface area contributed by atoms with Gasteiger partial charge in [0.1, 0.15) is 0 Å². The topological polar surface area (TPSA) is 29.1 Å². The molecule has 1 aliphatic carbocycles. The van der Waals surface area contributed by atoms with Gasteiger partial charge in [-0.1, -0.05) is 46.4 Å². The van der Waals surface area contributed by atoms with Crippen LogP contribution in [0.5, 0.6) is 0 Å². The van der Waals surface area contributed by atoms with Crippen LogP contribution in [0.4, 0.5) is 4.39 Å². The van der Waals surface area contributed by atoms with Gasteiger partial charge >= 0.3 is 0 Å². The van der Waals surface area contributed by atoms with E-state index in [1.807, 2.05) is 0 Å². The molecule has 1 aromatic carbocycles. The van der Waals surface area contributed by atoms with Gasteiger partial charge in [0.15, 0.2) is 5.82 Å². The molecule has 2 nitrogen and oxygen atoms in total. The van der Waals surface area contributed by atoms with Crippen molar-refractivity contribution in [1.82, 2.24) is 5.32 Å². The van der Waals surface area contributed by atoms with Crippen molar-refractivity contribution in [3.8, 4) is 0 Å². The van der Waals surface area contributed by atoms with Crippen LogP contribution in [0.25, 0.3) is 0 Å². The summed E-state index contributed by atoms with van der Waals surface area (Å²) in [6.07, 6.45) is 4.20. The lowest BCUT2D eigenvalue weighted by atomic mass is 9.95. The van der Waals surface area contributed by atoms with Gasteiger partial charge in [0, 0.05) is 10.9 Å². The highest BCUT2D eigenvalue weighted by Crippen LogP contribution is 2.25. The number of carbonyl (C=O) groups is 1. The summed E-state index contributed by atoms with van der Waals surface area (Å²) in [5, 5.41) is 2.84. The van der Waals surface area contributed by atoms with Gasteiger partial charge in [-0.05, 0) is 25.0 Å². The summed E-state index contributed by atoms with van der Waals surface area (Å²) in [6.45, 7) is 0. The number of carbonyl (C=O) groups excluding carboxylic acids is 1. The number of nitrogens with one attached hydrogen (secondary N) is 1. The number of amides is 1. The van der Waals surface area contributed by atoms with Crippen molar-refractivity contribution < 1.29 is 9.18 Å². The summed E-state index contributed by atoms with van der Waals surface area (Å²) < 4.78 is 13.7. The summed E-state index contributed by atoms with van der Waals surface area (Å²) in [5.41, 5.74) is 0.00720. The smallest absolute Gasteiger partial charge is 0.254 e. The first-order valence-electron chi connectivity index (χ1n) is 5.98. The van der Waals surface area contributed by atoms with E-state index in [4.69, 9.17) is 11.6 Å². The fourth-order valence-corrected chi connectivity index (χ4v) is 3.07. The SMILES string of the molecule is O=C(NC1CCCCC1Br)c1cccc(Cl)c1F. The zero-order valence-electron chi connectivity index (χ0n) is 9.76. The van der Waals surface area contributed by atoms with Crippen molar-refractivity contribution in [2.45, 2.75) is 36.6 Å². The van der Waals surface area contributed by atoms with Gasteiger partial charge in [-0.3, -0.25) is 4.79 Å². The molecule has 0 spiro atoms. The van der Waals surface area contributed by atoms with Crippen molar-refractivity contribution in [2.24, 2.45) is 0 Å². The van der Waals surface area contributed by atoms with Crippen LogP contribution in [0.2, 0.25) is 5.02 Å². The van der Waals surface area contributed by atoms with E-state index in [1.165, 1.54) is 12.1 Å². The first-order chi connectivity index (χ1) is 8.59. The Labute approximate surface area is 119 Å². The summed E-state index contributed by atoms with van der Waals surface area (Å²) >= 11 is 9.22. The zero-order valence-corrected chi connectivity index (χ0v) is 12.1. The summed E-state index contributed by atoms with van der Waals surface area (Å²) in [7, 11) is 0. The van der Waals surface area contributed by atoms with Crippen LogP contribution < -0.4 is 5.32 Å². The van der Waals surface area contributed by atoms with Crippen LogP contribution in [0.1, 0.15) is 36.0 Å². The number of hydrogen-bond acceptors (Lipinski definition) is 1. The minimum atomic E-state index is -0.654. The second-order valence-electron chi connectivity index (χ2n) is 4.48. The van der Waals surface area contributed by atoms with Gasteiger partial charge in [-0.15, -0.1) is 0 Å². The lowest BCUT2D eigenvalue weighted by Gasteiger charge is -2.28. The molecule has 1 amide bonds. The normalized spacial score (nSPS) is 23.7. The van der Waals surface area contributed by atoms with E-state index >= 15 is 0 Å². The Bertz CT molecular complexity index is 455. The first-order valence-corrected chi connectivity index (χ1v) is 7.28. The molecule has 2 atom stereocenters. The van der Waals surface area contributed by atoms with E-state index in [1.54, 1.807) is 6.07 Å². The van der Waals surface area contributed by atoms with Gasteiger partial charge < -0.3 is 5.32 Å². The predicted molar refractivity (Wildman–Crippen MR) is 73.8 cm³/mol. The maximum absolute atomic E-state index is 13.7. The Morgan fingerprint density at radius 1 is 1.39 bits per heavy atom. The van der Waals surface area contributed by atoms with Crippen LogP contribution in [-0.2, 0) is 0 Å². The minimum absolute atomic E-state index is 0.00720. The van der Waals surface area contributed by atoms with Gasteiger partial charge in [0.2, 0.25) is 0 Å². The minimum Gasteiger partial charge on any atom is -0.348 e. The van der Waals surface area contributed by atoms with Crippen LogP contribution in [0.15, 0.2) is 18.2 Å². The number of alkyl halides is 1. The van der Waals surface area contributed by atoms with E-state index in [0.29, 0.717) is 0 Å². The van der Waals surface area contributed by atoms with E-state index in [9.17, 15) is 9.18 Å². The summed E-state index contributed by atoms with van der Waals surface area (Å²) in [5.74, 6) is -1.05. The molecule has 2 rings (SSSR count). The third-order valence-electron chi connectivity index (χ3n) is 3.19. The molecule has 1 fully saturated rings. The molecule has 98 valence electrons. The van der Waals surface area contributed by atoms with Crippen LogP contribution in [-0.4, -0.2) is 16.8 Å². The lowest BCUT2D eigenvalue weighted by molar-refractivity contribution is 0.0925. The molecular formula is C13H14BrClFNO. The molecule has 1 N–H and O–H groups in total. The lowest BCUT2D eigenvalue weighted by Crippen LogP contribution is -2.42. The molecule has 0 bridgehead atoms. The van der Waals surface area contributed by atoms with Crippen LogP contribution in [0.3, 0.4) is 0 Å². The predicted octanol–water partition coefficient (Wildman–Crippen LogP) is 3.92. The van der Waals surface area contributed by atoms with Gasteiger partial charge in [-0.25, -0.2) is 4.39 Å². The Balaban J connectivity index is 2.09. The third kappa shape index (κ3) is 3.04. The first kappa shape index (κ1) is 13.8. The summed E-state index contributed by atoms with van der Waals surface area (Å²) in [6, 6.07) is 4.52. The van der Waals surface area contributed by atoms with Gasteiger partial charge in [0.25, 0.3) is 5.91 Å². The molecule has 18 heavy (non-hydrogen) atoms. The molecule has 0 saturated heterocycles. The standard InChI is InChI=1S/C13H14BrClFNO/c14-9-5-1-2-7-11(9)17-13(18)8-4-3-6-10(15)12(8)16/h3-4,6,9,11H,1-2,5,7H2,(H,17,18). The largest absolute Gasteiger partial charge is 0.348 e. The van der Waals surface area contributed by atoms with Crippen molar-refractivity contribution in [2.75, 3.05) is 0 Å². The van der Waals surface area contributed by atoms with Crippen molar-refractivity contribution in [3.63, 3.8) is 0 Å². The van der Waals surface area contributed by atoms with Crippen molar-refractivity contribution in [1.29, 1.82) is 0 Å². The van der Waals surface area contributed by atoms with E-state index < -0.39 is 11.7 Å². The molecule has 1 saturated carbocycles. The maximum atomic E-state index is 13.7. The number of hydrogen-bond donors (Lipinski definition) is 1. The van der Waals surface area contributed by atoms with Crippen LogP contribution >= 0.6 is 27.5 Å². The average molecular weight is 335 g/mol. The van der Waals surface area contributed by atoms with Crippen LogP contribution in [0, 0.1) is 5.82 Å². The molecule has 0 aromatic heterocycles. The quantitative estimate of drug-likeness (QED) is 0.816. The molecule has 0 radical (unpaired) electrons. The molecule has 0 heterocycles. The fourth-order valence-electron chi connectivity index (χ4n) is 2.17. The maximum Gasteiger partial charge on any atom is 0.254 e. The number of benzene rings is 1. The highest BCUT2D eigenvalue weighted by Gasteiger charge is 2.25. The monoisotopic (exact) mass is 333 g/mol. The van der Waals surface area contributed by atoms with Crippen molar-refractivity contribution >= 4 is 33.4 Å². The van der Waals surface area contributed by atoms with E-state index in [0.717, 1.165) is 25.7 Å². The average Bonchev–Trinajstić information content (AvgIpc) is 2.35. The Morgan fingerprint density at radius 2 is 2.11 bits per heavy atom. The fraction of sp³-hybridized carbons (Fsp3) is 0.462. The third-order valence-corrected chi connectivity index (χ3v) is 4.58. The highest BCUT2D eigenvalue weighted by molar-refractivity contribution is 9.09. The second-order valence-corrected chi connectivity index (χ2v) is 6.07. The van der Waals surface area contributed by atoms with Crippen molar-refractivity contribution in [3.05, 3.63) is 34.6 Å². The van der Waals surface area contributed by atoms with Gasteiger partial charge in [0.05, 0.1) is 10.6 Å².